The highest BCUT2D eigenvalue weighted by Crippen LogP contribution is 2.51. The maximum absolute atomic E-state index is 5.71. The lowest BCUT2D eigenvalue weighted by Gasteiger charge is -2.45. The second kappa shape index (κ2) is 3.26. The molecule has 86 valence electrons. The van der Waals surface area contributed by atoms with E-state index in [-0.39, 0.29) is 0 Å². The van der Waals surface area contributed by atoms with Crippen molar-refractivity contribution in [1.82, 2.24) is 0 Å². The van der Waals surface area contributed by atoms with Gasteiger partial charge in [-0.1, -0.05) is 19.1 Å². The van der Waals surface area contributed by atoms with Gasteiger partial charge in [-0.2, -0.15) is 0 Å². The molecule has 2 atom stereocenters. The summed E-state index contributed by atoms with van der Waals surface area (Å²) >= 11 is 0. The van der Waals surface area contributed by atoms with Gasteiger partial charge in [0.15, 0.2) is 0 Å². The van der Waals surface area contributed by atoms with Crippen LogP contribution in [0.1, 0.15) is 43.1 Å². The zero-order chi connectivity index (χ0) is 11.3. The van der Waals surface area contributed by atoms with E-state index in [2.05, 4.69) is 20.4 Å². The number of aryl methyl sites for hydroxylation is 1. The van der Waals surface area contributed by atoms with Gasteiger partial charge in [-0.3, -0.25) is 0 Å². The monoisotopic (exact) mass is 216 g/mol. The highest BCUT2D eigenvalue weighted by atomic mass is 16.3. The van der Waals surface area contributed by atoms with Crippen LogP contribution in [0.2, 0.25) is 0 Å². The van der Waals surface area contributed by atoms with Crippen molar-refractivity contribution in [2.45, 2.75) is 46.0 Å². The van der Waals surface area contributed by atoms with Crippen molar-refractivity contribution in [1.29, 1.82) is 0 Å². The van der Waals surface area contributed by atoms with Gasteiger partial charge in [0.2, 0.25) is 0 Å². The molecule has 0 N–H and O–H groups in total. The molecule has 3 rings (SSSR count). The molecule has 2 aliphatic rings. The van der Waals surface area contributed by atoms with Gasteiger partial charge in [-0.25, -0.2) is 0 Å². The van der Waals surface area contributed by atoms with E-state index >= 15 is 0 Å². The normalized spacial score (nSPS) is 33.4. The van der Waals surface area contributed by atoms with Crippen molar-refractivity contribution in [2.24, 2.45) is 11.3 Å². The molecule has 1 nitrogen and oxygen atoms in total. The Labute approximate surface area is 97.5 Å². The fraction of sp³-hybridized carbons (Fsp3) is 0.600. The fourth-order valence-corrected chi connectivity index (χ4v) is 3.68. The van der Waals surface area contributed by atoms with E-state index in [0.29, 0.717) is 11.3 Å². The predicted octanol–water partition coefficient (Wildman–Crippen LogP) is 4.05. The molecule has 2 aliphatic carbocycles. The van der Waals surface area contributed by atoms with Crippen LogP contribution in [-0.2, 0) is 12.8 Å². The van der Waals surface area contributed by atoms with Gasteiger partial charge in [-0.15, -0.1) is 0 Å². The van der Waals surface area contributed by atoms with Gasteiger partial charge >= 0.3 is 0 Å². The summed E-state index contributed by atoms with van der Waals surface area (Å²) in [5, 5.41) is 0. The Morgan fingerprint density at radius 2 is 2.31 bits per heavy atom. The fourth-order valence-electron chi connectivity index (χ4n) is 3.68. The van der Waals surface area contributed by atoms with E-state index in [1.807, 2.05) is 6.26 Å². The topological polar surface area (TPSA) is 13.1 Å². The van der Waals surface area contributed by atoms with Gasteiger partial charge < -0.3 is 4.42 Å². The van der Waals surface area contributed by atoms with Crippen LogP contribution in [0.3, 0.4) is 0 Å². The third kappa shape index (κ3) is 1.30. The van der Waals surface area contributed by atoms with Crippen LogP contribution in [0.25, 0.3) is 0 Å². The molecule has 0 spiro atoms. The van der Waals surface area contributed by atoms with Crippen LogP contribution in [0.4, 0.5) is 0 Å². The van der Waals surface area contributed by atoms with Crippen molar-refractivity contribution < 1.29 is 4.42 Å². The summed E-state index contributed by atoms with van der Waals surface area (Å²) in [5.41, 5.74) is 4.67. The molecule has 0 saturated heterocycles. The summed E-state index contributed by atoms with van der Waals surface area (Å²) < 4.78 is 5.71. The highest BCUT2D eigenvalue weighted by Gasteiger charge is 2.43. The first-order valence-electron chi connectivity index (χ1n) is 6.34. The zero-order valence-electron chi connectivity index (χ0n) is 10.3. The molecule has 1 heterocycles. The minimum Gasteiger partial charge on any atom is -0.469 e. The summed E-state index contributed by atoms with van der Waals surface area (Å²) in [6.45, 7) is 8.88. The first-order chi connectivity index (χ1) is 7.60. The van der Waals surface area contributed by atoms with Crippen molar-refractivity contribution in [3.8, 4) is 0 Å². The molecule has 0 amide bonds. The van der Waals surface area contributed by atoms with Crippen LogP contribution >= 0.6 is 0 Å². The van der Waals surface area contributed by atoms with Crippen LogP contribution in [0.15, 0.2) is 22.8 Å². The van der Waals surface area contributed by atoms with Gasteiger partial charge in [0.25, 0.3) is 0 Å². The Kier molecular flexibility index (Phi) is 2.07. The van der Waals surface area contributed by atoms with Gasteiger partial charge in [0, 0.05) is 6.42 Å². The number of furan rings is 1. The lowest BCUT2D eigenvalue weighted by atomic mass is 9.59. The van der Waals surface area contributed by atoms with Crippen molar-refractivity contribution in [3.63, 3.8) is 0 Å². The van der Waals surface area contributed by atoms with Crippen molar-refractivity contribution in [2.75, 3.05) is 0 Å². The lowest BCUT2D eigenvalue weighted by molar-refractivity contribution is 0.138. The third-order valence-electron chi connectivity index (χ3n) is 4.74. The third-order valence-corrected chi connectivity index (χ3v) is 4.74. The Morgan fingerprint density at radius 3 is 3.12 bits per heavy atom. The van der Waals surface area contributed by atoms with Gasteiger partial charge in [-0.05, 0) is 55.1 Å². The summed E-state index contributed by atoms with van der Waals surface area (Å²) in [5.74, 6) is 1.93. The second-order valence-corrected chi connectivity index (χ2v) is 5.92. The second-order valence-electron chi connectivity index (χ2n) is 5.92. The standard InChI is InChI=1S/C15H20O/c1-10-5-4-6-15(3)8-14-12(7-13(10)15)11(2)9-16-14/h9,13H,1,4-8H2,2-3H3/t13-,15?/m0/s1. The summed E-state index contributed by atoms with van der Waals surface area (Å²) in [7, 11) is 0. The molecule has 1 saturated carbocycles. The van der Waals surface area contributed by atoms with Crippen molar-refractivity contribution in [3.05, 3.63) is 35.3 Å². The molecule has 1 aromatic rings. The molecule has 0 radical (unpaired) electrons. The van der Waals surface area contributed by atoms with E-state index in [9.17, 15) is 0 Å². The maximum atomic E-state index is 5.71. The number of fused-ring (bicyclic) bond motifs is 2. The number of rotatable bonds is 0. The smallest absolute Gasteiger partial charge is 0.107 e. The largest absolute Gasteiger partial charge is 0.469 e. The van der Waals surface area contributed by atoms with Crippen LogP contribution in [0, 0.1) is 18.3 Å². The SMILES string of the molecule is C=C1CCCC2(C)Cc3occ(C)c3C[C@@H]12. The molecule has 1 aromatic heterocycles. The molecule has 1 heteroatoms. The summed E-state index contributed by atoms with van der Waals surface area (Å²) in [4.78, 5) is 0. The first-order valence-corrected chi connectivity index (χ1v) is 6.34. The number of hydrogen-bond donors (Lipinski definition) is 0. The molecular formula is C15H20O. The molecule has 0 aliphatic heterocycles. The van der Waals surface area contributed by atoms with Gasteiger partial charge in [0.1, 0.15) is 5.76 Å². The Hall–Kier alpha value is -0.980. The van der Waals surface area contributed by atoms with E-state index in [1.54, 1.807) is 0 Å². The quantitative estimate of drug-likeness (QED) is 0.596. The number of allylic oxidation sites excluding steroid dienone is 1. The minimum atomic E-state index is 0.409. The first kappa shape index (κ1) is 10.2. The Bertz CT molecular complexity index is 440. The lowest BCUT2D eigenvalue weighted by Crippen LogP contribution is -2.38. The zero-order valence-corrected chi connectivity index (χ0v) is 10.3. The molecule has 0 aromatic carbocycles. The summed E-state index contributed by atoms with van der Waals surface area (Å²) in [6, 6.07) is 0. The molecule has 1 unspecified atom stereocenters. The number of hydrogen-bond acceptors (Lipinski definition) is 1. The molecule has 0 bridgehead atoms. The van der Waals surface area contributed by atoms with E-state index < -0.39 is 0 Å². The van der Waals surface area contributed by atoms with Gasteiger partial charge in [0.05, 0.1) is 6.26 Å². The van der Waals surface area contributed by atoms with Crippen molar-refractivity contribution >= 4 is 0 Å². The molecule has 1 fully saturated rings. The maximum Gasteiger partial charge on any atom is 0.107 e. The Balaban J connectivity index is 2.04. The molecular weight excluding hydrogens is 196 g/mol. The highest BCUT2D eigenvalue weighted by molar-refractivity contribution is 5.34. The van der Waals surface area contributed by atoms with Crippen LogP contribution in [0.5, 0.6) is 0 Å². The Morgan fingerprint density at radius 1 is 1.50 bits per heavy atom. The average Bonchev–Trinajstić information content (AvgIpc) is 2.57. The average molecular weight is 216 g/mol. The van der Waals surface area contributed by atoms with E-state index in [1.165, 1.54) is 41.7 Å². The summed E-state index contributed by atoms with van der Waals surface area (Å²) in [6.07, 6.45) is 8.06. The minimum absolute atomic E-state index is 0.409. The van der Waals surface area contributed by atoms with Crippen LogP contribution in [-0.4, -0.2) is 0 Å². The predicted molar refractivity (Wildman–Crippen MR) is 65.4 cm³/mol. The van der Waals surface area contributed by atoms with E-state index in [0.717, 1.165) is 12.8 Å². The van der Waals surface area contributed by atoms with Crippen LogP contribution < -0.4 is 0 Å². The van der Waals surface area contributed by atoms with E-state index in [4.69, 9.17) is 4.42 Å². The molecule has 16 heavy (non-hydrogen) atoms.